The second-order valence-electron chi connectivity index (χ2n) is 6.74. The van der Waals surface area contributed by atoms with Gasteiger partial charge in [-0.3, -0.25) is 9.59 Å². The van der Waals surface area contributed by atoms with Gasteiger partial charge in [0.25, 0.3) is 0 Å². The minimum Gasteiger partial charge on any atom is -0.481 e. The van der Waals surface area contributed by atoms with Crippen LogP contribution in [0.2, 0.25) is 0 Å². The van der Waals surface area contributed by atoms with Crippen LogP contribution in [0.25, 0.3) is 0 Å². The molecule has 3 atom stereocenters. The Morgan fingerprint density at radius 2 is 1.81 bits per heavy atom. The number of rotatable bonds is 3. The lowest BCUT2D eigenvalue weighted by atomic mass is 9.99. The van der Waals surface area contributed by atoms with E-state index in [1.54, 1.807) is 6.92 Å². The quantitative estimate of drug-likeness (QED) is 0.712. The molecule has 1 aliphatic rings. The molecular weight excluding hydrogens is 274 g/mol. The third kappa shape index (κ3) is 4.91. The molecule has 0 aromatic carbocycles. The number of urea groups is 1. The maximum atomic E-state index is 12.1. The molecule has 1 aliphatic heterocycles. The predicted molar refractivity (Wildman–Crippen MR) is 77.8 cm³/mol. The number of carbonyl (C=O) groups is 3. The molecule has 7 heteroatoms. The topological polar surface area (TPSA) is 98.7 Å². The second kappa shape index (κ2) is 6.32. The van der Waals surface area contributed by atoms with Crippen LogP contribution in [-0.4, -0.2) is 52.6 Å². The van der Waals surface area contributed by atoms with E-state index in [-0.39, 0.29) is 23.9 Å². The Kier molecular flexibility index (Phi) is 5.20. The van der Waals surface area contributed by atoms with Crippen LogP contribution in [-0.2, 0) is 9.59 Å². The van der Waals surface area contributed by atoms with Crippen molar-refractivity contribution in [2.75, 3.05) is 13.1 Å². The molecule has 3 unspecified atom stereocenters. The van der Waals surface area contributed by atoms with E-state index >= 15 is 0 Å². The Balaban J connectivity index is 2.54. The Bertz CT molecular complexity index is 430. The molecule has 1 rings (SSSR count). The molecule has 120 valence electrons. The summed E-state index contributed by atoms with van der Waals surface area (Å²) in [6.07, 6.45) is 0. The molecule has 3 amide bonds. The zero-order valence-electron chi connectivity index (χ0n) is 13.3. The first-order chi connectivity index (χ1) is 9.51. The Morgan fingerprint density at radius 1 is 1.24 bits per heavy atom. The van der Waals surface area contributed by atoms with E-state index in [0.717, 1.165) is 0 Å². The Labute approximate surface area is 125 Å². The normalized spacial score (nSPS) is 23.6. The second-order valence-corrected chi connectivity index (χ2v) is 6.74. The Hall–Kier alpha value is -1.79. The van der Waals surface area contributed by atoms with Gasteiger partial charge in [0.2, 0.25) is 5.91 Å². The first-order valence-electron chi connectivity index (χ1n) is 7.11. The fourth-order valence-electron chi connectivity index (χ4n) is 2.27. The largest absolute Gasteiger partial charge is 0.481 e. The van der Waals surface area contributed by atoms with Gasteiger partial charge >= 0.3 is 12.0 Å². The SMILES string of the molecule is CC(NC(=O)N1CC(C)C(C(=O)O)C1)C(=O)NC(C)(C)C. The summed E-state index contributed by atoms with van der Waals surface area (Å²) in [5, 5.41) is 14.4. The van der Waals surface area contributed by atoms with Crippen LogP contribution in [0.4, 0.5) is 4.79 Å². The van der Waals surface area contributed by atoms with Crippen LogP contribution in [0.3, 0.4) is 0 Å². The molecule has 0 aromatic heterocycles. The first-order valence-corrected chi connectivity index (χ1v) is 7.11. The van der Waals surface area contributed by atoms with Gasteiger partial charge in [0.15, 0.2) is 0 Å². The van der Waals surface area contributed by atoms with Gasteiger partial charge in [-0.2, -0.15) is 0 Å². The van der Waals surface area contributed by atoms with Gasteiger partial charge in [0, 0.05) is 18.6 Å². The summed E-state index contributed by atoms with van der Waals surface area (Å²) in [5.41, 5.74) is -0.368. The van der Waals surface area contributed by atoms with E-state index in [9.17, 15) is 14.4 Å². The highest BCUT2D eigenvalue weighted by atomic mass is 16.4. The number of nitrogens with one attached hydrogen (secondary N) is 2. The van der Waals surface area contributed by atoms with E-state index in [1.165, 1.54) is 4.90 Å². The number of amides is 3. The minimum absolute atomic E-state index is 0.0908. The monoisotopic (exact) mass is 299 g/mol. The molecule has 1 heterocycles. The van der Waals surface area contributed by atoms with Crippen molar-refractivity contribution in [1.82, 2.24) is 15.5 Å². The lowest BCUT2D eigenvalue weighted by molar-refractivity contribution is -0.142. The zero-order chi connectivity index (χ0) is 16.4. The van der Waals surface area contributed by atoms with Crippen molar-refractivity contribution in [2.45, 2.75) is 46.2 Å². The first kappa shape index (κ1) is 17.3. The van der Waals surface area contributed by atoms with Crippen molar-refractivity contribution in [2.24, 2.45) is 11.8 Å². The van der Waals surface area contributed by atoms with E-state index in [2.05, 4.69) is 10.6 Å². The number of carboxylic acids is 1. The molecule has 7 nitrogen and oxygen atoms in total. The van der Waals surface area contributed by atoms with Crippen LogP contribution < -0.4 is 10.6 Å². The van der Waals surface area contributed by atoms with Crippen molar-refractivity contribution in [3.63, 3.8) is 0 Å². The van der Waals surface area contributed by atoms with Crippen LogP contribution in [0, 0.1) is 11.8 Å². The average molecular weight is 299 g/mol. The highest BCUT2D eigenvalue weighted by molar-refractivity contribution is 5.87. The summed E-state index contributed by atoms with van der Waals surface area (Å²) in [5.74, 6) is -1.80. The minimum atomic E-state index is -0.892. The number of aliphatic carboxylic acids is 1. The number of carbonyl (C=O) groups excluding carboxylic acids is 2. The summed E-state index contributed by atoms with van der Waals surface area (Å²) in [7, 11) is 0. The van der Waals surface area contributed by atoms with Crippen molar-refractivity contribution in [3.05, 3.63) is 0 Å². The lowest BCUT2D eigenvalue weighted by Gasteiger charge is -2.25. The number of hydrogen-bond donors (Lipinski definition) is 3. The molecule has 3 N–H and O–H groups in total. The maximum absolute atomic E-state index is 12.1. The summed E-state index contributed by atoms with van der Waals surface area (Å²) >= 11 is 0. The summed E-state index contributed by atoms with van der Waals surface area (Å²) < 4.78 is 0. The van der Waals surface area contributed by atoms with Gasteiger partial charge < -0.3 is 20.6 Å². The van der Waals surface area contributed by atoms with E-state index < -0.39 is 24.0 Å². The number of likely N-dealkylation sites (tertiary alicyclic amines) is 1. The van der Waals surface area contributed by atoms with Crippen LogP contribution in [0.5, 0.6) is 0 Å². The van der Waals surface area contributed by atoms with E-state index in [4.69, 9.17) is 5.11 Å². The highest BCUT2D eigenvalue weighted by Crippen LogP contribution is 2.23. The average Bonchev–Trinajstić information content (AvgIpc) is 2.69. The van der Waals surface area contributed by atoms with E-state index in [1.807, 2.05) is 27.7 Å². The number of carboxylic acid groups (broad SMARTS) is 1. The number of hydrogen-bond acceptors (Lipinski definition) is 3. The Morgan fingerprint density at radius 3 is 2.24 bits per heavy atom. The molecule has 1 fully saturated rings. The lowest BCUT2D eigenvalue weighted by Crippen LogP contribution is -2.53. The molecule has 21 heavy (non-hydrogen) atoms. The molecule has 0 aliphatic carbocycles. The highest BCUT2D eigenvalue weighted by Gasteiger charge is 2.37. The van der Waals surface area contributed by atoms with Crippen molar-refractivity contribution < 1.29 is 19.5 Å². The summed E-state index contributed by atoms with van der Waals surface area (Å²) in [6.45, 7) is 9.55. The van der Waals surface area contributed by atoms with E-state index in [0.29, 0.717) is 6.54 Å². The third-order valence-electron chi connectivity index (χ3n) is 3.45. The molecule has 1 saturated heterocycles. The zero-order valence-corrected chi connectivity index (χ0v) is 13.3. The molecular formula is C14H25N3O4. The fraction of sp³-hybridized carbons (Fsp3) is 0.786. The smallest absolute Gasteiger partial charge is 0.318 e. The van der Waals surface area contributed by atoms with Crippen LogP contribution in [0.1, 0.15) is 34.6 Å². The third-order valence-corrected chi connectivity index (χ3v) is 3.45. The van der Waals surface area contributed by atoms with Gasteiger partial charge in [-0.15, -0.1) is 0 Å². The van der Waals surface area contributed by atoms with Gasteiger partial charge in [-0.25, -0.2) is 4.79 Å². The molecule has 0 spiro atoms. The fourth-order valence-corrected chi connectivity index (χ4v) is 2.27. The molecule has 0 bridgehead atoms. The van der Waals surface area contributed by atoms with Crippen molar-refractivity contribution in [3.8, 4) is 0 Å². The van der Waals surface area contributed by atoms with Crippen LogP contribution >= 0.6 is 0 Å². The summed E-state index contributed by atoms with van der Waals surface area (Å²) in [4.78, 5) is 36.5. The van der Waals surface area contributed by atoms with Crippen molar-refractivity contribution in [1.29, 1.82) is 0 Å². The molecule has 0 saturated carbocycles. The van der Waals surface area contributed by atoms with Gasteiger partial charge in [-0.05, 0) is 33.6 Å². The van der Waals surface area contributed by atoms with Crippen molar-refractivity contribution >= 4 is 17.9 Å². The van der Waals surface area contributed by atoms with Crippen LogP contribution in [0.15, 0.2) is 0 Å². The predicted octanol–water partition coefficient (Wildman–Crippen LogP) is 0.652. The van der Waals surface area contributed by atoms with Gasteiger partial charge in [0.05, 0.1) is 5.92 Å². The maximum Gasteiger partial charge on any atom is 0.318 e. The molecule has 0 radical (unpaired) electrons. The number of nitrogens with zero attached hydrogens (tertiary/aromatic N) is 1. The van der Waals surface area contributed by atoms with Gasteiger partial charge in [0.1, 0.15) is 6.04 Å². The summed E-state index contributed by atoms with van der Waals surface area (Å²) in [6, 6.07) is -1.07. The standard InChI is InChI=1S/C14H25N3O4/c1-8-6-17(7-10(8)12(19)20)13(21)15-9(2)11(18)16-14(3,4)5/h8-10H,6-7H2,1-5H3,(H,15,21)(H,16,18)(H,19,20). The molecule has 0 aromatic rings. The van der Waals surface area contributed by atoms with Gasteiger partial charge in [-0.1, -0.05) is 6.92 Å².